The number of nitrogens with one attached hydrogen (secondary N) is 3. The lowest BCUT2D eigenvalue weighted by atomic mass is 9.33. The summed E-state index contributed by atoms with van der Waals surface area (Å²) in [4.78, 5) is 90.5. The van der Waals surface area contributed by atoms with E-state index in [1.165, 1.54) is 13.8 Å². The average Bonchev–Trinajstić information content (AvgIpc) is 3.30. The number of amides is 3. The van der Waals surface area contributed by atoms with Gasteiger partial charge in [-0.1, -0.05) is 54.0 Å². The molecule has 11 N–H and O–H groups in total. The van der Waals surface area contributed by atoms with E-state index >= 15 is 4.79 Å². The van der Waals surface area contributed by atoms with E-state index in [4.69, 9.17) is 18.9 Å². The molecule has 0 spiro atoms. The molecule has 7 rings (SSSR count). The second-order valence-corrected chi connectivity index (χ2v) is 24.3. The molecular formula is C51H77N3O19. The van der Waals surface area contributed by atoms with Crippen LogP contribution in [0.2, 0.25) is 0 Å². The molecule has 0 aromatic heterocycles. The third kappa shape index (κ3) is 9.52. The Morgan fingerprint density at radius 3 is 1.71 bits per heavy atom. The van der Waals surface area contributed by atoms with Crippen LogP contribution in [0.25, 0.3) is 0 Å². The Balaban J connectivity index is 1.18. The Morgan fingerprint density at radius 1 is 0.630 bits per heavy atom. The maximum atomic E-state index is 15.2. The van der Waals surface area contributed by atoms with Crippen molar-refractivity contribution in [3.05, 3.63) is 11.6 Å². The molecule has 2 aliphatic heterocycles. The first-order chi connectivity index (χ1) is 33.7. The van der Waals surface area contributed by atoms with Crippen molar-refractivity contribution >= 4 is 41.4 Å². The fourth-order valence-corrected chi connectivity index (χ4v) is 14.6. The molecule has 0 radical (unpaired) electrons. The number of aliphatic hydroxyl groups excluding tert-OH is 5. The van der Waals surface area contributed by atoms with Crippen LogP contribution in [0, 0.1) is 50.2 Å². The summed E-state index contributed by atoms with van der Waals surface area (Å²) in [7, 11) is 0. The van der Waals surface area contributed by atoms with Gasteiger partial charge in [0.25, 0.3) is 11.8 Å². The van der Waals surface area contributed by atoms with Gasteiger partial charge in [-0.25, -0.2) is 0 Å². The molecule has 22 unspecified atom stereocenters. The second-order valence-electron chi connectivity index (χ2n) is 24.3. The Kier molecular flexibility index (Phi) is 15.3. The van der Waals surface area contributed by atoms with Crippen molar-refractivity contribution in [2.75, 3.05) is 0 Å². The molecule has 0 aromatic rings. The van der Waals surface area contributed by atoms with Crippen molar-refractivity contribution in [2.45, 2.75) is 213 Å². The lowest BCUT2D eigenvalue weighted by molar-refractivity contribution is -0.369. The summed E-state index contributed by atoms with van der Waals surface area (Å²) in [6.07, 6.45) is -13.6. The number of ether oxygens (including phenoxy) is 4. The van der Waals surface area contributed by atoms with Gasteiger partial charge in [-0.2, -0.15) is 0 Å². The van der Waals surface area contributed by atoms with Crippen molar-refractivity contribution in [3.8, 4) is 0 Å². The van der Waals surface area contributed by atoms with Crippen LogP contribution in [0.1, 0.15) is 127 Å². The monoisotopic (exact) mass is 1040 g/mol. The normalized spacial score (nSPS) is 45.2. The van der Waals surface area contributed by atoms with Crippen LogP contribution < -0.4 is 16.0 Å². The number of carbonyl (C=O) groups excluding carboxylic acids is 4. The van der Waals surface area contributed by atoms with E-state index in [9.17, 15) is 69.6 Å². The average molecular weight is 1040 g/mol. The number of aliphatic carboxylic acids is 3. The first kappa shape index (κ1) is 56.6. The molecule has 6 fully saturated rings. The van der Waals surface area contributed by atoms with Crippen molar-refractivity contribution in [2.24, 2.45) is 50.2 Å². The van der Waals surface area contributed by atoms with E-state index in [1.807, 2.05) is 26.8 Å². The molecular weight excluding hydrogens is 959 g/mol. The van der Waals surface area contributed by atoms with Gasteiger partial charge in [0.05, 0.1) is 6.10 Å². The summed E-state index contributed by atoms with van der Waals surface area (Å²) in [6.45, 7) is 18.5. The third-order valence-electron chi connectivity index (χ3n) is 19.5. The first-order valence-corrected chi connectivity index (χ1v) is 25.6. The van der Waals surface area contributed by atoms with Crippen molar-refractivity contribution < 1.29 is 93.4 Å². The molecule has 22 nitrogen and oxygen atoms in total. The Morgan fingerprint density at radius 2 is 1.15 bits per heavy atom. The lowest BCUT2D eigenvalue weighted by Crippen LogP contribution is -2.69. The minimum Gasteiger partial charge on any atom is -0.480 e. The van der Waals surface area contributed by atoms with Gasteiger partial charge >= 0.3 is 17.9 Å². The summed E-state index contributed by atoms with van der Waals surface area (Å²) < 4.78 is 24.5. The fourth-order valence-electron chi connectivity index (χ4n) is 14.6. The number of carboxylic acids is 3. The van der Waals surface area contributed by atoms with Gasteiger partial charge < -0.3 is 75.8 Å². The van der Waals surface area contributed by atoms with Crippen LogP contribution in [0.15, 0.2) is 11.6 Å². The standard InChI is InChI=1S/C51H77N3O19/c1-21(40(63)64)52-38(61)34-30(57)29(56)33(60)43(71-34)73-36-32(59)31(58)35(39(62)53-22(2)41(65)66)72-44(36)70-28-12-13-49(8)27(46(28,4)5)11-14-51(10)37(49)26(55)19-24-25-20-48(7,45(69)54-23(3)42(67)68)16-15-47(25,6)17-18-50(24,51)9/h19,21-23,25,27-37,43-44,56-60H,11-18,20H2,1-10H3,(H,52,61)(H,53,62)(H,54,69)(H,63,64)(H,65,66)(H,67,68). The number of hydrogen-bond acceptors (Lipinski definition) is 16. The molecule has 0 aromatic carbocycles. The zero-order valence-corrected chi connectivity index (χ0v) is 43.3. The van der Waals surface area contributed by atoms with E-state index in [-0.39, 0.29) is 28.9 Å². The van der Waals surface area contributed by atoms with E-state index in [1.54, 1.807) is 0 Å². The van der Waals surface area contributed by atoms with Gasteiger partial charge in [-0.3, -0.25) is 33.6 Å². The molecule has 22 heteroatoms. The van der Waals surface area contributed by atoms with E-state index in [0.29, 0.717) is 38.5 Å². The number of ketones is 1. The summed E-state index contributed by atoms with van der Waals surface area (Å²) >= 11 is 0. The lowest BCUT2D eigenvalue weighted by Gasteiger charge is -2.70. The Hall–Kier alpha value is -4.13. The summed E-state index contributed by atoms with van der Waals surface area (Å²) in [5.41, 5.74) is -2.32. The number of aliphatic hydroxyl groups is 5. The minimum absolute atomic E-state index is 0.00574. The van der Waals surface area contributed by atoms with Crippen molar-refractivity contribution in [1.82, 2.24) is 16.0 Å². The number of rotatable bonds is 13. The van der Waals surface area contributed by atoms with Gasteiger partial charge in [0.15, 0.2) is 30.6 Å². The zero-order chi connectivity index (χ0) is 54.5. The van der Waals surface area contributed by atoms with E-state index < -0.39 is 148 Å². The van der Waals surface area contributed by atoms with Gasteiger partial charge in [0.2, 0.25) is 5.91 Å². The summed E-state index contributed by atoms with van der Waals surface area (Å²) in [5.74, 6) is -7.32. The number of hydrogen-bond donors (Lipinski definition) is 11. The molecule has 73 heavy (non-hydrogen) atoms. The topological polar surface area (TPSA) is 354 Å². The van der Waals surface area contributed by atoms with E-state index in [2.05, 4.69) is 43.6 Å². The number of allylic oxidation sites excluding steroid dienone is 2. The molecule has 22 atom stereocenters. The SMILES string of the molecule is CC(NC(=O)C1OC(OC2C(OC3CCC4(C)C(CCC5(C)C4C(=O)C=C4C6CC(C)(C(=O)NC(C)C(=O)O)CCC6(C)CCC45C)C3(C)C)OC(C(=O)NC(C)C(=O)O)C(O)C2O)C(O)C(O)C1O)C(=O)O. The molecule has 2 heterocycles. The highest BCUT2D eigenvalue weighted by Gasteiger charge is 2.71. The minimum atomic E-state index is -2.12. The number of carboxylic acid groups (broad SMARTS) is 3. The molecule has 3 amide bonds. The molecule has 410 valence electrons. The number of fused-ring (bicyclic) bond motifs is 7. The maximum absolute atomic E-state index is 15.2. The van der Waals surface area contributed by atoms with Crippen LogP contribution in [-0.4, -0.2) is 168 Å². The zero-order valence-electron chi connectivity index (χ0n) is 43.3. The van der Waals surface area contributed by atoms with Gasteiger partial charge in [-0.05, 0) is 124 Å². The molecule has 2 saturated heterocycles. The van der Waals surface area contributed by atoms with Crippen LogP contribution >= 0.6 is 0 Å². The highest BCUT2D eigenvalue weighted by atomic mass is 16.8. The molecule has 4 saturated carbocycles. The summed E-state index contributed by atoms with van der Waals surface area (Å²) in [5, 5.41) is 91.2. The first-order valence-electron chi connectivity index (χ1n) is 25.6. The predicted molar refractivity (Wildman–Crippen MR) is 252 cm³/mol. The quantitative estimate of drug-likeness (QED) is 0.113. The van der Waals surface area contributed by atoms with Gasteiger partial charge in [0, 0.05) is 11.3 Å². The molecule has 5 aliphatic carbocycles. The highest BCUT2D eigenvalue weighted by molar-refractivity contribution is 5.96. The Bertz CT molecular complexity index is 2260. The smallest absolute Gasteiger partial charge is 0.325 e. The highest BCUT2D eigenvalue weighted by Crippen LogP contribution is 2.75. The van der Waals surface area contributed by atoms with Gasteiger partial charge in [0.1, 0.15) is 54.7 Å². The molecule has 0 bridgehead atoms. The van der Waals surface area contributed by atoms with Crippen LogP contribution in [-0.2, 0) is 52.5 Å². The van der Waals surface area contributed by atoms with Crippen molar-refractivity contribution in [3.63, 3.8) is 0 Å². The van der Waals surface area contributed by atoms with Crippen LogP contribution in [0.4, 0.5) is 0 Å². The van der Waals surface area contributed by atoms with Crippen LogP contribution in [0.3, 0.4) is 0 Å². The van der Waals surface area contributed by atoms with Gasteiger partial charge in [-0.15, -0.1) is 0 Å². The second kappa shape index (κ2) is 19.8. The fraction of sp³-hybridized carbons (Fsp3) is 0.824. The van der Waals surface area contributed by atoms with Crippen molar-refractivity contribution in [1.29, 1.82) is 0 Å². The molecule has 7 aliphatic rings. The predicted octanol–water partition coefficient (Wildman–Crippen LogP) is 0.760. The largest absolute Gasteiger partial charge is 0.480 e. The van der Waals surface area contributed by atoms with E-state index in [0.717, 1.165) is 31.8 Å². The number of carbonyl (C=O) groups is 7. The third-order valence-corrected chi connectivity index (χ3v) is 19.5. The maximum Gasteiger partial charge on any atom is 0.325 e. The van der Waals surface area contributed by atoms with Crippen LogP contribution in [0.5, 0.6) is 0 Å². The Labute approximate surface area is 424 Å². The summed E-state index contributed by atoms with van der Waals surface area (Å²) in [6, 6.07) is -3.98.